The van der Waals surface area contributed by atoms with Gasteiger partial charge in [0.1, 0.15) is 5.75 Å². The lowest BCUT2D eigenvalue weighted by molar-refractivity contribution is -0.123. The summed E-state index contributed by atoms with van der Waals surface area (Å²) >= 11 is 0. The summed E-state index contributed by atoms with van der Waals surface area (Å²) in [6.45, 7) is 2.60. The van der Waals surface area contributed by atoms with Crippen LogP contribution in [0.15, 0.2) is 42.5 Å². The number of nitrogen functional groups attached to an aromatic ring is 1. The molecule has 2 aromatic rings. The van der Waals surface area contributed by atoms with E-state index in [1.165, 1.54) is 5.56 Å². The molecule has 2 aromatic carbocycles. The van der Waals surface area contributed by atoms with Crippen molar-refractivity contribution in [2.75, 3.05) is 12.3 Å². The van der Waals surface area contributed by atoms with Crippen LogP contribution in [-0.2, 0) is 23.9 Å². The molecule has 3 N–H and O–H groups in total. The van der Waals surface area contributed by atoms with Gasteiger partial charge < -0.3 is 15.8 Å². The van der Waals surface area contributed by atoms with Crippen molar-refractivity contribution >= 4 is 20.8 Å². The Morgan fingerprint density at radius 2 is 1.87 bits per heavy atom. The molecule has 4 nitrogen and oxygen atoms in total. The third kappa shape index (κ3) is 5.26. The molecule has 0 aromatic heterocycles. The molecule has 0 radical (unpaired) electrons. The molecule has 5 heteroatoms. The van der Waals surface area contributed by atoms with Crippen molar-refractivity contribution in [2.24, 2.45) is 0 Å². The second-order valence-corrected chi connectivity index (χ2v) is 5.71. The average Bonchev–Trinajstić information content (AvgIpc) is 2.58. The normalized spacial score (nSPS) is 10.3. The molecule has 2 rings (SSSR count). The number of aryl methyl sites for hydroxylation is 1. The lowest BCUT2D eigenvalue weighted by Crippen LogP contribution is -2.28. The average molecular weight is 330 g/mol. The summed E-state index contributed by atoms with van der Waals surface area (Å²) in [7, 11) is 2.63. The van der Waals surface area contributed by atoms with Gasteiger partial charge in [-0.3, -0.25) is 4.79 Å². The fraction of sp³-hybridized carbons (Fsp3) is 0.278. The number of hydrogen-bond acceptors (Lipinski definition) is 3. The molecule has 0 aliphatic rings. The zero-order chi connectivity index (χ0) is 16.7. The molecule has 0 spiro atoms. The molecular formula is C18H23N2O2P. The standard InChI is InChI=1S/C18H23N2O2P/c1-2-13-3-5-14(6-4-13)10-20-18(21)11-22-16-8-7-15(12-23)17(19)9-16/h3-9H,2,10-12,19,23H2,1H3,(H,20,21). The van der Waals surface area contributed by atoms with Gasteiger partial charge in [0.2, 0.25) is 0 Å². The van der Waals surface area contributed by atoms with Crippen molar-refractivity contribution in [3.63, 3.8) is 0 Å². The smallest absolute Gasteiger partial charge is 0.258 e. The molecule has 0 heterocycles. The molecule has 23 heavy (non-hydrogen) atoms. The molecule has 0 saturated heterocycles. The highest BCUT2D eigenvalue weighted by Gasteiger charge is 2.05. The molecular weight excluding hydrogens is 307 g/mol. The van der Waals surface area contributed by atoms with Crippen LogP contribution in [0.25, 0.3) is 0 Å². The van der Waals surface area contributed by atoms with E-state index < -0.39 is 0 Å². The number of nitrogens with two attached hydrogens (primary N) is 1. The molecule has 1 unspecified atom stereocenters. The molecule has 0 fully saturated rings. The maximum Gasteiger partial charge on any atom is 0.258 e. The number of carbonyl (C=O) groups excluding carboxylic acids is 1. The van der Waals surface area contributed by atoms with E-state index >= 15 is 0 Å². The lowest BCUT2D eigenvalue weighted by atomic mass is 10.1. The topological polar surface area (TPSA) is 64.3 Å². The highest BCUT2D eigenvalue weighted by Crippen LogP contribution is 2.21. The SMILES string of the molecule is CCc1ccc(CNC(=O)COc2ccc(CP)c(N)c2)cc1. The van der Waals surface area contributed by atoms with E-state index in [0.29, 0.717) is 18.0 Å². The monoisotopic (exact) mass is 330 g/mol. The first-order valence-corrected chi connectivity index (χ1v) is 8.49. The number of hydrogen-bond donors (Lipinski definition) is 2. The zero-order valence-electron chi connectivity index (χ0n) is 13.3. The highest BCUT2D eigenvalue weighted by molar-refractivity contribution is 7.15. The van der Waals surface area contributed by atoms with Gasteiger partial charge in [-0.2, -0.15) is 0 Å². The largest absolute Gasteiger partial charge is 0.484 e. The predicted molar refractivity (Wildman–Crippen MR) is 97.4 cm³/mol. The van der Waals surface area contributed by atoms with E-state index in [1.54, 1.807) is 6.07 Å². The van der Waals surface area contributed by atoms with Crippen LogP contribution in [-0.4, -0.2) is 12.5 Å². The molecule has 0 bridgehead atoms. The van der Waals surface area contributed by atoms with E-state index in [9.17, 15) is 4.79 Å². The van der Waals surface area contributed by atoms with Crippen molar-refractivity contribution in [1.29, 1.82) is 0 Å². The van der Waals surface area contributed by atoms with Crippen LogP contribution in [0.3, 0.4) is 0 Å². The Morgan fingerprint density at radius 1 is 1.17 bits per heavy atom. The van der Waals surface area contributed by atoms with Gasteiger partial charge in [-0.05, 0) is 35.3 Å². The Hall–Kier alpha value is -2.06. The van der Waals surface area contributed by atoms with Gasteiger partial charge in [0.05, 0.1) is 0 Å². The summed E-state index contributed by atoms with van der Waals surface area (Å²) in [5.74, 6) is 0.449. The highest BCUT2D eigenvalue weighted by atomic mass is 31.0. The molecule has 0 saturated carbocycles. The molecule has 0 aliphatic carbocycles. The van der Waals surface area contributed by atoms with Gasteiger partial charge in [0.15, 0.2) is 6.61 Å². The predicted octanol–water partition coefficient (Wildman–Crippen LogP) is 2.90. The van der Waals surface area contributed by atoms with Crippen LogP contribution < -0.4 is 15.8 Å². The summed E-state index contributed by atoms with van der Waals surface area (Å²) in [6, 6.07) is 13.7. The fourth-order valence-electron chi connectivity index (χ4n) is 2.14. The lowest BCUT2D eigenvalue weighted by Gasteiger charge is -2.10. The summed E-state index contributed by atoms with van der Waals surface area (Å²) in [5.41, 5.74) is 9.98. The Balaban J connectivity index is 1.79. The van der Waals surface area contributed by atoms with E-state index in [-0.39, 0.29) is 12.5 Å². The Bertz CT molecular complexity index is 657. The Kier molecular flexibility index (Phi) is 6.42. The minimum atomic E-state index is -0.154. The van der Waals surface area contributed by atoms with E-state index in [2.05, 4.69) is 33.6 Å². The number of ether oxygens (including phenoxy) is 1. The maximum absolute atomic E-state index is 11.9. The third-order valence-electron chi connectivity index (χ3n) is 3.63. The van der Waals surface area contributed by atoms with Crippen LogP contribution >= 0.6 is 9.24 Å². The first kappa shape index (κ1) is 17.3. The number of anilines is 1. The number of nitrogens with one attached hydrogen (secondary N) is 1. The van der Waals surface area contributed by atoms with Crippen molar-refractivity contribution in [2.45, 2.75) is 26.1 Å². The maximum atomic E-state index is 11.9. The first-order chi connectivity index (χ1) is 11.1. The van der Waals surface area contributed by atoms with Crippen LogP contribution in [0.4, 0.5) is 5.69 Å². The minimum absolute atomic E-state index is 0.0211. The summed E-state index contributed by atoms with van der Waals surface area (Å²) in [6.07, 6.45) is 1.81. The quantitative estimate of drug-likeness (QED) is 0.606. The number of carbonyl (C=O) groups is 1. The van der Waals surface area contributed by atoms with Crippen molar-refractivity contribution in [3.05, 3.63) is 59.2 Å². The van der Waals surface area contributed by atoms with E-state index in [1.807, 2.05) is 24.3 Å². The summed E-state index contributed by atoms with van der Waals surface area (Å²) < 4.78 is 5.47. The summed E-state index contributed by atoms with van der Waals surface area (Å²) in [4.78, 5) is 11.9. The Labute approximate surface area is 139 Å². The Morgan fingerprint density at radius 3 is 2.48 bits per heavy atom. The van der Waals surface area contributed by atoms with Crippen LogP contribution in [0.1, 0.15) is 23.6 Å². The van der Waals surface area contributed by atoms with Crippen LogP contribution in [0.2, 0.25) is 0 Å². The van der Waals surface area contributed by atoms with Gasteiger partial charge in [-0.15, -0.1) is 9.24 Å². The van der Waals surface area contributed by atoms with Gasteiger partial charge in [0.25, 0.3) is 5.91 Å². The molecule has 0 aliphatic heterocycles. The molecule has 1 atom stereocenters. The molecule has 122 valence electrons. The van der Waals surface area contributed by atoms with Crippen molar-refractivity contribution in [3.8, 4) is 5.75 Å². The second kappa shape index (κ2) is 8.54. The van der Waals surface area contributed by atoms with Crippen LogP contribution in [0, 0.1) is 0 Å². The van der Waals surface area contributed by atoms with E-state index in [0.717, 1.165) is 23.7 Å². The van der Waals surface area contributed by atoms with Gasteiger partial charge in [-0.25, -0.2) is 0 Å². The fourth-order valence-corrected chi connectivity index (χ4v) is 2.51. The molecule has 1 amide bonds. The minimum Gasteiger partial charge on any atom is -0.484 e. The van der Waals surface area contributed by atoms with Gasteiger partial charge in [-0.1, -0.05) is 37.3 Å². The summed E-state index contributed by atoms with van der Waals surface area (Å²) in [5, 5.41) is 2.85. The number of benzene rings is 2. The van der Waals surface area contributed by atoms with Gasteiger partial charge >= 0.3 is 0 Å². The first-order valence-electron chi connectivity index (χ1n) is 7.68. The second-order valence-electron chi connectivity index (χ2n) is 5.30. The van der Waals surface area contributed by atoms with Crippen LogP contribution in [0.5, 0.6) is 5.75 Å². The zero-order valence-corrected chi connectivity index (χ0v) is 14.5. The van der Waals surface area contributed by atoms with Gasteiger partial charge in [0, 0.05) is 18.3 Å². The van der Waals surface area contributed by atoms with Crippen molar-refractivity contribution in [1.82, 2.24) is 5.32 Å². The third-order valence-corrected chi connectivity index (χ3v) is 4.07. The number of amides is 1. The van der Waals surface area contributed by atoms with E-state index in [4.69, 9.17) is 10.5 Å². The number of rotatable bonds is 7. The van der Waals surface area contributed by atoms with Crippen molar-refractivity contribution < 1.29 is 9.53 Å².